The highest BCUT2D eigenvalue weighted by atomic mass is 32.2. The van der Waals surface area contributed by atoms with Gasteiger partial charge in [-0.3, -0.25) is 4.79 Å². The number of hydrogen-bond acceptors (Lipinski definition) is 6. The van der Waals surface area contributed by atoms with Crippen LogP contribution in [0.1, 0.15) is 43.4 Å². The lowest BCUT2D eigenvalue weighted by atomic mass is 9.93. The molecule has 1 unspecified atom stereocenters. The van der Waals surface area contributed by atoms with E-state index < -0.39 is 15.8 Å². The van der Waals surface area contributed by atoms with Crippen molar-refractivity contribution in [3.8, 4) is 0 Å². The van der Waals surface area contributed by atoms with Gasteiger partial charge in [0.25, 0.3) is 5.91 Å². The van der Waals surface area contributed by atoms with E-state index in [0.717, 1.165) is 37.0 Å². The summed E-state index contributed by atoms with van der Waals surface area (Å²) in [5.41, 5.74) is 0. The van der Waals surface area contributed by atoms with E-state index >= 15 is 0 Å². The molecule has 148 valence electrons. The number of amides is 1. The molecule has 0 aromatic carbocycles. The molecule has 6 nitrogen and oxygen atoms in total. The predicted molar refractivity (Wildman–Crippen MR) is 105 cm³/mol. The minimum atomic E-state index is -3.09. The lowest BCUT2D eigenvalue weighted by molar-refractivity contribution is -0.151. The maximum atomic E-state index is 12.8. The number of esters is 1. The van der Waals surface area contributed by atoms with Crippen LogP contribution < -0.4 is 0 Å². The van der Waals surface area contributed by atoms with Gasteiger partial charge in [0.15, 0.2) is 16.4 Å². The molecule has 1 saturated carbocycles. The normalized spacial score (nSPS) is 22.7. The molecule has 1 amide bonds. The first-order valence-corrected chi connectivity index (χ1v) is 12.0. The largest absolute Gasteiger partial charge is 0.452 e. The Labute approximate surface area is 164 Å². The fraction of sp³-hybridized carbons (Fsp3) is 0.579. The molecule has 2 fully saturated rings. The third-order valence-electron chi connectivity index (χ3n) is 5.12. The van der Waals surface area contributed by atoms with E-state index in [1.807, 2.05) is 17.5 Å². The number of nitrogens with zero attached hydrogens (tertiary/aromatic N) is 1. The lowest BCUT2D eigenvalue weighted by Crippen LogP contribution is -2.50. The molecule has 2 heterocycles. The van der Waals surface area contributed by atoms with Crippen LogP contribution in [0.15, 0.2) is 23.6 Å². The van der Waals surface area contributed by atoms with Crippen LogP contribution >= 0.6 is 11.3 Å². The minimum Gasteiger partial charge on any atom is -0.452 e. The molecule has 1 aliphatic heterocycles. The summed E-state index contributed by atoms with van der Waals surface area (Å²) < 4.78 is 28.9. The van der Waals surface area contributed by atoms with Gasteiger partial charge in [-0.25, -0.2) is 13.2 Å². The first kappa shape index (κ1) is 20.1. The molecule has 2 aliphatic rings. The van der Waals surface area contributed by atoms with Crippen molar-refractivity contribution in [2.45, 2.75) is 50.6 Å². The van der Waals surface area contributed by atoms with Crippen LogP contribution in [0.4, 0.5) is 0 Å². The Morgan fingerprint density at radius 1 is 1.19 bits per heavy atom. The second-order valence-electron chi connectivity index (χ2n) is 7.11. The average molecular weight is 412 g/mol. The standard InChI is InChI=1S/C19H25NO5S2/c21-18(13-25-19(22)9-8-17-7-4-11-26-17)20(15-5-2-1-3-6-15)16-10-12-27(23,24)14-16/h4,7-9,11,15-16H,1-3,5-6,10,12-14H2/b9-8+. The van der Waals surface area contributed by atoms with Gasteiger partial charge in [0.05, 0.1) is 11.5 Å². The summed E-state index contributed by atoms with van der Waals surface area (Å²) in [6, 6.07) is 3.51. The summed E-state index contributed by atoms with van der Waals surface area (Å²) in [5.74, 6) is -0.722. The lowest BCUT2D eigenvalue weighted by Gasteiger charge is -2.38. The van der Waals surface area contributed by atoms with Gasteiger partial charge in [-0.2, -0.15) is 0 Å². The Balaban J connectivity index is 1.61. The van der Waals surface area contributed by atoms with E-state index in [1.54, 1.807) is 11.0 Å². The number of ether oxygens (including phenoxy) is 1. The highest BCUT2D eigenvalue weighted by Crippen LogP contribution is 2.28. The van der Waals surface area contributed by atoms with Crippen molar-refractivity contribution < 1.29 is 22.7 Å². The zero-order valence-corrected chi connectivity index (χ0v) is 16.8. The molecule has 27 heavy (non-hydrogen) atoms. The summed E-state index contributed by atoms with van der Waals surface area (Å²) in [4.78, 5) is 27.3. The number of carbonyl (C=O) groups is 2. The van der Waals surface area contributed by atoms with Gasteiger partial charge in [0, 0.05) is 23.0 Å². The highest BCUT2D eigenvalue weighted by molar-refractivity contribution is 7.91. The van der Waals surface area contributed by atoms with Gasteiger partial charge in [-0.15, -0.1) is 11.3 Å². The Morgan fingerprint density at radius 2 is 1.96 bits per heavy atom. The van der Waals surface area contributed by atoms with Crippen LogP contribution in [-0.2, 0) is 24.2 Å². The molecule has 8 heteroatoms. The third-order valence-corrected chi connectivity index (χ3v) is 7.71. The molecule has 1 saturated heterocycles. The van der Waals surface area contributed by atoms with Gasteiger partial charge >= 0.3 is 5.97 Å². The fourth-order valence-corrected chi connectivity index (χ4v) is 6.18. The number of hydrogen-bond donors (Lipinski definition) is 0. The van der Waals surface area contributed by atoms with E-state index in [9.17, 15) is 18.0 Å². The zero-order chi connectivity index (χ0) is 19.3. The van der Waals surface area contributed by atoms with Gasteiger partial charge in [0.1, 0.15) is 0 Å². The first-order chi connectivity index (χ1) is 12.9. The maximum Gasteiger partial charge on any atom is 0.331 e. The first-order valence-electron chi connectivity index (χ1n) is 9.34. The Kier molecular flexibility index (Phi) is 6.70. The molecule has 1 aromatic rings. The van der Waals surface area contributed by atoms with Crippen LogP contribution in [-0.4, -0.2) is 55.4 Å². The van der Waals surface area contributed by atoms with Crippen LogP contribution in [0, 0.1) is 0 Å². The quantitative estimate of drug-likeness (QED) is 0.531. The van der Waals surface area contributed by atoms with Crippen LogP contribution in [0.2, 0.25) is 0 Å². The van der Waals surface area contributed by atoms with Crippen LogP contribution in [0.5, 0.6) is 0 Å². The van der Waals surface area contributed by atoms with Gasteiger partial charge in [0.2, 0.25) is 0 Å². The summed E-state index contributed by atoms with van der Waals surface area (Å²) >= 11 is 1.50. The summed E-state index contributed by atoms with van der Waals surface area (Å²) in [6.07, 6.45) is 8.42. The summed E-state index contributed by atoms with van der Waals surface area (Å²) in [7, 11) is -3.09. The molecule has 0 radical (unpaired) electrons. The van der Waals surface area contributed by atoms with E-state index in [4.69, 9.17) is 4.74 Å². The maximum absolute atomic E-state index is 12.8. The van der Waals surface area contributed by atoms with Crippen LogP contribution in [0.25, 0.3) is 6.08 Å². The average Bonchev–Trinajstić information content (AvgIpc) is 3.29. The predicted octanol–water partition coefficient (Wildman–Crippen LogP) is 2.65. The van der Waals surface area contributed by atoms with Gasteiger partial charge < -0.3 is 9.64 Å². The van der Waals surface area contributed by atoms with Crippen molar-refractivity contribution in [2.75, 3.05) is 18.1 Å². The van der Waals surface area contributed by atoms with Crippen molar-refractivity contribution in [1.29, 1.82) is 0 Å². The van der Waals surface area contributed by atoms with Crippen molar-refractivity contribution in [3.63, 3.8) is 0 Å². The molecule has 0 spiro atoms. The zero-order valence-electron chi connectivity index (χ0n) is 15.2. The molecule has 1 atom stereocenters. The van der Waals surface area contributed by atoms with Crippen LogP contribution in [0.3, 0.4) is 0 Å². The summed E-state index contributed by atoms with van der Waals surface area (Å²) in [6.45, 7) is -0.347. The topological polar surface area (TPSA) is 80.8 Å². The van der Waals surface area contributed by atoms with Crippen molar-refractivity contribution in [3.05, 3.63) is 28.5 Å². The molecule has 1 aliphatic carbocycles. The smallest absolute Gasteiger partial charge is 0.331 e. The van der Waals surface area contributed by atoms with E-state index in [-0.39, 0.29) is 36.1 Å². The van der Waals surface area contributed by atoms with E-state index in [1.165, 1.54) is 17.4 Å². The van der Waals surface area contributed by atoms with Gasteiger partial charge in [-0.1, -0.05) is 25.3 Å². The number of sulfone groups is 1. The second-order valence-corrected chi connectivity index (χ2v) is 10.3. The molecule has 1 aromatic heterocycles. The SMILES string of the molecule is O=C(/C=C/c1cccs1)OCC(=O)N(C1CCCCC1)C1CCS(=O)(=O)C1. The van der Waals surface area contributed by atoms with Gasteiger partial charge in [-0.05, 0) is 36.8 Å². The fourth-order valence-electron chi connectivity index (χ4n) is 3.85. The second kappa shape index (κ2) is 9.01. The Hall–Kier alpha value is -1.67. The molecule has 0 N–H and O–H groups in total. The van der Waals surface area contributed by atoms with Crippen molar-refractivity contribution in [2.24, 2.45) is 0 Å². The number of thiophene rings is 1. The molecule has 3 rings (SSSR count). The van der Waals surface area contributed by atoms with E-state index in [0.29, 0.717) is 6.42 Å². The number of carbonyl (C=O) groups excluding carboxylic acids is 2. The Bertz CT molecular complexity index is 779. The summed E-state index contributed by atoms with van der Waals surface area (Å²) in [5, 5.41) is 1.91. The third kappa shape index (κ3) is 5.65. The molecule has 0 bridgehead atoms. The molecular weight excluding hydrogens is 386 g/mol. The minimum absolute atomic E-state index is 0.0153. The van der Waals surface area contributed by atoms with Crippen molar-refractivity contribution in [1.82, 2.24) is 4.90 Å². The Morgan fingerprint density at radius 3 is 2.59 bits per heavy atom. The molecular formula is C19H25NO5S2. The number of rotatable bonds is 6. The van der Waals surface area contributed by atoms with Crippen molar-refractivity contribution >= 4 is 39.1 Å². The van der Waals surface area contributed by atoms with E-state index in [2.05, 4.69) is 0 Å². The highest BCUT2D eigenvalue weighted by Gasteiger charge is 2.38. The monoisotopic (exact) mass is 411 g/mol.